The molecule has 0 atom stereocenters. The maximum atomic E-state index is 11.7. The second kappa shape index (κ2) is 5.08. The molecule has 1 fully saturated rings. The van der Waals surface area contributed by atoms with E-state index in [9.17, 15) is 9.59 Å². The van der Waals surface area contributed by atoms with Crippen LogP contribution in [0.1, 0.15) is 5.56 Å². The zero-order valence-corrected chi connectivity index (χ0v) is 10.1. The number of para-hydroxylation sites is 1. The van der Waals surface area contributed by atoms with Gasteiger partial charge in [0.25, 0.3) is 5.91 Å². The van der Waals surface area contributed by atoms with Crippen LogP contribution in [0.4, 0.5) is 0 Å². The predicted molar refractivity (Wildman–Crippen MR) is 64.4 cm³/mol. The first-order chi connectivity index (χ1) is 8.58. The lowest BCUT2D eigenvalue weighted by molar-refractivity contribution is -0.153. The fourth-order valence-electron chi connectivity index (χ4n) is 1.79. The van der Waals surface area contributed by atoms with Crippen LogP contribution in [0.3, 0.4) is 0 Å². The van der Waals surface area contributed by atoms with Gasteiger partial charge < -0.3 is 14.7 Å². The van der Waals surface area contributed by atoms with E-state index in [0.717, 1.165) is 5.56 Å². The summed E-state index contributed by atoms with van der Waals surface area (Å²) in [6, 6.07) is 7.45. The quantitative estimate of drug-likeness (QED) is 0.861. The van der Waals surface area contributed by atoms with Crippen LogP contribution in [-0.2, 0) is 9.59 Å². The molecule has 1 saturated heterocycles. The third-order valence-electron chi connectivity index (χ3n) is 3.03. The van der Waals surface area contributed by atoms with E-state index in [0.29, 0.717) is 5.75 Å². The molecule has 0 spiro atoms. The summed E-state index contributed by atoms with van der Waals surface area (Å²) in [5, 5.41) is 8.71. The van der Waals surface area contributed by atoms with E-state index in [-0.39, 0.29) is 25.6 Å². The number of ether oxygens (including phenoxy) is 1. The molecule has 0 unspecified atom stereocenters. The number of amides is 1. The van der Waals surface area contributed by atoms with Crippen LogP contribution in [0.25, 0.3) is 0 Å². The van der Waals surface area contributed by atoms with Crippen molar-refractivity contribution >= 4 is 11.9 Å². The molecule has 1 aliphatic heterocycles. The SMILES string of the molecule is Cc1ccccc1OCC(=O)N1CC(C(=O)O)C1. The number of aryl methyl sites for hydroxylation is 1. The number of benzene rings is 1. The molecule has 0 radical (unpaired) electrons. The van der Waals surface area contributed by atoms with Gasteiger partial charge in [-0.2, -0.15) is 0 Å². The highest BCUT2D eigenvalue weighted by atomic mass is 16.5. The van der Waals surface area contributed by atoms with Crippen LogP contribution >= 0.6 is 0 Å². The van der Waals surface area contributed by atoms with Crippen LogP contribution in [0.5, 0.6) is 5.75 Å². The van der Waals surface area contributed by atoms with Gasteiger partial charge in [-0.25, -0.2) is 0 Å². The summed E-state index contributed by atoms with van der Waals surface area (Å²) in [5.41, 5.74) is 0.970. The first kappa shape index (κ1) is 12.4. The van der Waals surface area contributed by atoms with Gasteiger partial charge in [-0.15, -0.1) is 0 Å². The molecule has 1 aromatic carbocycles. The van der Waals surface area contributed by atoms with Crippen molar-refractivity contribution in [1.29, 1.82) is 0 Å². The monoisotopic (exact) mass is 249 g/mol. The highest BCUT2D eigenvalue weighted by Crippen LogP contribution is 2.18. The van der Waals surface area contributed by atoms with Crippen molar-refractivity contribution in [3.8, 4) is 5.75 Å². The van der Waals surface area contributed by atoms with Gasteiger partial charge in [0.1, 0.15) is 5.75 Å². The number of carboxylic acid groups (broad SMARTS) is 1. The molecule has 1 aromatic rings. The van der Waals surface area contributed by atoms with Gasteiger partial charge in [0.15, 0.2) is 6.61 Å². The molecule has 0 aromatic heterocycles. The summed E-state index contributed by atoms with van der Waals surface area (Å²) in [6.07, 6.45) is 0. The van der Waals surface area contributed by atoms with Gasteiger partial charge in [-0.3, -0.25) is 9.59 Å². The van der Waals surface area contributed by atoms with E-state index >= 15 is 0 Å². The van der Waals surface area contributed by atoms with E-state index in [2.05, 4.69) is 0 Å². The Kier molecular flexibility index (Phi) is 3.50. The Morgan fingerprint density at radius 3 is 2.67 bits per heavy atom. The lowest BCUT2D eigenvalue weighted by Crippen LogP contribution is -2.54. The van der Waals surface area contributed by atoms with Crippen LogP contribution in [0.2, 0.25) is 0 Å². The minimum absolute atomic E-state index is 0.0445. The van der Waals surface area contributed by atoms with E-state index in [1.165, 1.54) is 4.90 Å². The number of carbonyl (C=O) groups is 2. The Balaban J connectivity index is 1.80. The smallest absolute Gasteiger partial charge is 0.310 e. The molecule has 5 nitrogen and oxygen atoms in total. The largest absolute Gasteiger partial charge is 0.484 e. The molecule has 0 saturated carbocycles. The number of nitrogens with zero attached hydrogens (tertiary/aromatic N) is 1. The summed E-state index contributed by atoms with van der Waals surface area (Å²) < 4.78 is 5.41. The third-order valence-corrected chi connectivity index (χ3v) is 3.03. The summed E-state index contributed by atoms with van der Waals surface area (Å²) in [6.45, 7) is 2.43. The van der Waals surface area contributed by atoms with Gasteiger partial charge in [0.2, 0.25) is 0 Å². The first-order valence-electron chi connectivity index (χ1n) is 5.77. The van der Waals surface area contributed by atoms with Gasteiger partial charge in [0, 0.05) is 13.1 Å². The number of carboxylic acids is 1. The predicted octanol–water partition coefficient (Wildman–Crippen LogP) is 0.917. The number of aliphatic carboxylic acids is 1. The molecule has 96 valence electrons. The van der Waals surface area contributed by atoms with Crippen molar-refractivity contribution in [3.63, 3.8) is 0 Å². The Bertz CT molecular complexity index is 466. The van der Waals surface area contributed by atoms with E-state index in [1.54, 1.807) is 6.07 Å². The molecule has 1 aliphatic rings. The molecule has 5 heteroatoms. The molecule has 1 N–H and O–H groups in total. The first-order valence-corrected chi connectivity index (χ1v) is 5.77. The summed E-state index contributed by atoms with van der Waals surface area (Å²) in [5.74, 6) is -0.761. The third kappa shape index (κ3) is 2.61. The number of rotatable bonds is 4. The van der Waals surface area contributed by atoms with Gasteiger partial charge in [-0.1, -0.05) is 18.2 Å². The second-order valence-corrected chi connectivity index (χ2v) is 4.39. The van der Waals surface area contributed by atoms with Gasteiger partial charge >= 0.3 is 5.97 Å². The molecule has 0 aliphatic carbocycles. The summed E-state index contributed by atoms with van der Waals surface area (Å²) >= 11 is 0. The highest BCUT2D eigenvalue weighted by molar-refractivity contribution is 5.82. The van der Waals surface area contributed by atoms with Crippen molar-refractivity contribution in [1.82, 2.24) is 4.90 Å². The van der Waals surface area contributed by atoms with Crippen molar-refractivity contribution < 1.29 is 19.4 Å². The lowest BCUT2D eigenvalue weighted by atomic mass is 10.0. The Hall–Kier alpha value is -2.04. The number of hydrogen-bond donors (Lipinski definition) is 1. The van der Waals surface area contributed by atoms with Crippen LogP contribution in [-0.4, -0.2) is 41.6 Å². The van der Waals surface area contributed by atoms with E-state index in [1.807, 2.05) is 25.1 Å². The lowest BCUT2D eigenvalue weighted by Gasteiger charge is -2.36. The zero-order chi connectivity index (χ0) is 13.1. The molecule has 2 rings (SSSR count). The molecule has 1 amide bonds. The number of hydrogen-bond acceptors (Lipinski definition) is 3. The van der Waals surface area contributed by atoms with Crippen molar-refractivity contribution in [2.45, 2.75) is 6.92 Å². The Labute approximate surface area is 105 Å². The number of likely N-dealkylation sites (tertiary alicyclic amines) is 1. The second-order valence-electron chi connectivity index (χ2n) is 4.39. The number of carbonyl (C=O) groups excluding carboxylic acids is 1. The minimum Gasteiger partial charge on any atom is -0.484 e. The molecular formula is C13H15NO4. The molecule has 0 bridgehead atoms. The molecule has 18 heavy (non-hydrogen) atoms. The fourth-order valence-corrected chi connectivity index (χ4v) is 1.79. The van der Waals surface area contributed by atoms with Crippen LogP contribution in [0, 0.1) is 12.8 Å². The maximum Gasteiger partial charge on any atom is 0.310 e. The van der Waals surface area contributed by atoms with E-state index < -0.39 is 11.9 Å². The van der Waals surface area contributed by atoms with Crippen molar-refractivity contribution in [2.24, 2.45) is 5.92 Å². The zero-order valence-electron chi connectivity index (χ0n) is 10.1. The average molecular weight is 249 g/mol. The summed E-state index contributed by atoms with van der Waals surface area (Å²) in [7, 11) is 0. The Morgan fingerprint density at radius 1 is 1.39 bits per heavy atom. The average Bonchev–Trinajstić information content (AvgIpc) is 2.25. The van der Waals surface area contributed by atoms with Crippen molar-refractivity contribution in [2.75, 3.05) is 19.7 Å². The topological polar surface area (TPSA) is 66.8 Å². The van der Waals surface area contributed by atoms with Crippen molar-refractivity contribution in [3.05, 3.63) is 29.8 Å². The maximum absolute atomic E-state index is 11.7. The minimum atomic E-state index is -0.848. The highest BCUT2D eigenvalue weighted by Gasteiger charge is 2.35. The van der Waals surface area contributed by atoms with Gasteiger partial charge in [0.05, 0.1) is 5.92 Å². The fraction of sp³-hybridized carbons (Fsp3) is 0.385. The Morgan fingerprint density at radius 2 is 2.06 bits per heavy atom. The van der Waals surface area contributed by atoms with E-state index in [4.69, 9.17) is 9.84 Å². The standard InChI is InChI=1S/C13H15NO4/c1-9-4-2-3-5-11(9)18-8-12(15)14-6-10(7-14)13(16)17/h2-5,10H,6-8H2,1H3,(H,16,17). The summed E-state index contributed by atoms with van der Waals surface area (Å²) in [4.78, 5) is 23.8. The normalized spacial score (nSPS) is 15.1. The van der Waals surface area contributed by atoms with Crippen LogP contribution < -0.4 is 4.74 Å². The van der Waals surface area contributed by atoms with Crippen LogP contribution in [0.15, 0.2) is 24.3 Å². The van der Waals surface area contributed by atoms with Gasteiger partial charge in [-0.05, 0) is 18.6 Å². The molecule has 1 heterocycles. The molecular weight excluding hydrogens is 234 g/mol.